The topological polar surface area (TPSA) is 40.4 Å². The quantitative estimate of drug-likeness (QED) is 0.617. The van der Waals surface area contributed by atoms with Crippen LogP contribution >= 0.6 is 0 Å². The van der Waals surface area contributed by atoms with Gasteiger partial charge in [0.05, 0.1) is 7.11 Å². The summed E-state index contributed by atoms with van der Waals surface area (Å²) in [5, 5.41) is 0. The highest BCUT2D eigenvalue weighted by Gasteiger charge is 2.01. The second-order valence-electron chi connectivity index (χ2n) is 2.49. The molecule has 0 saturated heterocycles. The van der Waals surface area contributed by atoms with E-state index in [2.05, 4.69) is 9.72 Å². The fourth-order valence-corrected chi connectivity index (χ4v) is 0.934. The zero-order valence-corrected chi connectivity index (χ0v) is 7.04. The van der Waals surface area contributed by atoms with Crippen molar-refractivity contribution >= 4 is 5.97 Å². The van der Waals surface area contributed by atoms with Crippen LogP contribution in [0.4, 0.5) is 0 Å². The third-order valence-corrected chi connectivity index (χ3v) is 1.62. The van der Waals surface area contributed by atoms with Gasteiger partial charge in [0.15, 0.2) is 12.4 Å². The van der Waals surface area contributed by atoms with Crippen LogP contribution in [0.3, 0.4) is 0 Å². The van der Waals surface area contributed by atoms with Crippen molar-refractivity contribution in [1.29, 1.82) is 0 Å². The van der Waals surface area contributed by atoms with Gasteiger partial charge in [-0.05, 0) is 12.5 Å². The van der Waals surface area contributed by atoms with Crippen molar-refractivity contribution in [1.82, 2.24) is 0 Å². The zero-order chi connectivity index (χ0) is 8.81. The number of nitrogens with one attached hydrogen (secondary N) is 1. The van der Waals surface area contributed by atoms with Crippen molar-refractivity contribution in [2.45, 2.75) is 12.8 Å². The van der Waals surface area contributed by atoms with E-state index in [-0.39, 0.29) is 5.97 Å². The van der Waals surface area contributed by atoms with Crippen LogP contribution < -0.4 is 4.98 Å². The Labute approximate surface area is 71.4 Å². The first-order valence-electron chi connectivity index (χ1n) is 3.84. The van der Waals surface area contributed by atoms with Crippen LogP contribution in [-0.4, -0.2) is 13.1 Å². The summed E-state index contributed by atoms with van der Waals surface area (Å²) < 4.78 is 4.52. The van der Waals surface area contributed by atoms with Crippen LogP contribution in [0, 0.1) is 0 Å². The van der Waals surface area contributed by atoms with Gasteiger partial charge in [-0.15, -0.1) is 0 Å². The summed E-state index contributed by atoms with van der Waals surface area (Å²) in [5.74, 6) is -0.168. The van der Waals surface area contributed by atoms with Crippen molar-refractivity contribution < 1.29 is 14.5 Å². The number of carbonyl (C=O) groups is 1. The van der Waals surface area contributed by atoms with Crippen molar-refractivity contribution in [3.8, 4) is 0 Å². The normalized spacial score (nSPS) is 9.42. The first-order chi connectivity index (χ1) is 5.83. The van der Waals surface area contributed by atoms with Crippen LogP contribution in [0.5, 0.6) is 0 Å². The maximum Gasteiger partial charge on any atom is 0.305 e. The molecule has 0 saturated carbocycles. The van der Waals surface area contributed by atoms with Crippen LogP contribution in [0.1, 0.15) is 12.0 Å². The Kier molecular flexibility index (Phi) is 3.26. The van der Waals surface area contributed by atoms with Crippen molar-refractivity contribution in [3.05, 3.63) is 30.1 Å². The first kappa shape index (κ1) is 8.71. The maximum atomic E-state index is 10.8. The number of H-pyrrole nitrogens is 1. The SMILES string of the molecule is COC(=O)CCc1ccc[nH+]c1. The van der Waals surface area contributed by atoms with Crippen molar-refractivity contribution in [2.75, 3.05) is 7.11 Å². The van der Waals surface area contributed by atoms with E-state index in [1.807, 2.05) is 24.5 Å². The van der Waals surface area contributed by atoms with Gasteiger partial charge in [-0.2, -0.15) is 0 Å². The lowest BCUT2D eigenvalue weighted by atomic mass is 10.2. The van der Waals surface area contributed by atoms with Gasteiger partial charge in [-0.1, -0.05) is 0 Å². The lowest BCUT2D eigenvalue weighted by molar-refractivity contribution is -0.378. The van der Waals surface area contributed by atoms with Crippen molar-refractivity contribution in [3.63, 3.8) is 0 Å². The number of hydrogen-bond donors (Lipinski definition) is 0. The molecule has 1 rings (SSSR count). The van der Waals surface area contributed by atoms with Crippen LogP contribution in [0.2, 0.25) is 0 Å². The highest BCUT2D eigenvalue weighted by Crippen LogP contribution is 1.99. The van der Waals surface area contributed by atoms with E-state index >= 15 is 0 Å². The number of hydrogen-bond acceptors (Lipinski definition) is 2. The summed E-state index contributed by atoms with van der Waals surface area (Å²) in [5.41, 5.74) is 1.11. The Morgan fingerprint density at radius 3 is 3.08 bits per heavy atom. The highest BCUT2D eigenvalue weighted by atomic mass is 16.5. The predicted octanol–water partition coefficient (Wildman–Crippen LogP) is 0.606. The minimum absolute atomic E-state index is 0.168. The predicted molar refractivity (Wildman–Crippen MR) is 43.3 cm³/mol. The first-order valence-corrected chi connectivity index (χ1v) is 3.84. The van der Waals surface area contributed by atoms with Gasteiger partial charge >= 0.3 is 5.97 Å². The van der Waals surface area contributed by atoms with Gasteiger partial charge in [0, 0.05) is 18.1 Å². The number of aromatic nitrogens is 1. The van der Waals surface area contributed by atoms with E-state index in [1.165, 1.54) is 7.11 Å². The summed E-state index contributed by atoms with van der Waals surface area (Å²) in [6.07, 6.45) is 4.88. The third-order valence-electron chi connectivity index (χ3n) is 1.62. The van der Waals surface area contributed by atoms with Gasteiger partial charge in [0.1, 0.15) is 0 Å². The minimum Gasteiger partial charge on any atom is -0.469 e. The molecule has 1 N–H and O–H groups in total. The Morgan fingerprint density at radius 1 is 1.67 bits per heavy atom. The van der Waals surface area contributed by atoms with Gasteiger partial charge in [0.2, 0.25) is 0 Å². The Morgan fingerprint density at radius 2 is 2.50 bits per heavy atom. The van der Waals surface area contributed by atoms with Crippen LogP contribution in [-0.2, 0) is 16.0 Å². The molecule has 1 heterocycles. The summed E-state index contributed by atoms with van der Waals surface area (Å²) in [6, 6.07) is 3.88. The number of esters is 1. The minimum atomic E-state index is -0.168. The Balaban J connectivity index is 2.38. The number of carbonyl (C=O) groups excluding carboxylic acids is 1. The molecule has 0 aliphatic carbocycles. The standard InChI is InChI=1S/C9H11NO2/c1-12-9(11)5-4-8-3-2-6-10-7-8/h2-3,6-7H,4-5H2,1H3/p+1. The van der Waals surface area contributed by atoms with Crippen LogP contribution in [0.25, 0.3) is 0 Å². The zero-order valence-electron chi connectivity index (χ0n) is 7.04. The molecular weight excluding hydrogens is 154 g/mol. The molecular formula is C9H12NO2+. The van der Waals surface area contributed by atoms with E-state index in [0.29, 0.717) is 6.42 Å². The summed E-state index contributed by atoms with van der Waals surface area (Å²) >= 11 is 0. The molecule has 0 fully saturated rings. The number of aryl methyl sites for hydroxylation is 1. The van der Waals surface area contributed by atoms with Gasteiger partial charge in [-0.25, -0.2) is 4.98 Å². The van der Waals surface area contributed by atoms with Crippen LogP contribution in [0.15, 0.2) is 24.5 Å². The number of pyridine rings is 1. The molecule has 0 atom stereocenters. The molecule has 3 nitrogen and oxygen atoms in total. The molecule has 0 amide bonds. The lowest BCUT2D eigenvalue weighted by Crippen LogP contribution is -2.05. The summed E-state index contributed by atoms with van der Waals surface area (Å²) in [6.45, 7) is 0. The molecule has 1 aromatic rings. The van der Waals surface area contributed by atoms with Gasteiger partial charge in [-0.3, -0.25) is 4.79 Å². The summed E-state index contributed by atoms with van der Waals surface area (Å²) in [4.78, 5) is 13.7. The second-order valence-corrected chi connectivity index (χ2v) is 2.49. The fourth-order valence-electron chi connectivity index (χ4n) is 0.934. The lowest BCUT2D eigenvalue weighted by Gasteiger charge is -1.96. The average Bonchev–Trinajstić information content (AvgIpc) is 2.16. The van der Waals surface area contributed by atoms with Gasteiger partial charge < -0.3 is 4.74 Å². The molecule has 64 valence electrons. The maximum absolute atomic E-state index is 10.8. The van der Waals surface area contributed by atoms with E-state index in [4.69, 9.17) is 0 Å². The van der Waals surface area contributed by atoms with E-state index in [1.54, 1.807) is 0 Å². The smallest absolute Gasteiger partial charge is 0.305 e. The Bertz CT molecular complexity index is 246. The second kappa shape index (κ2) is 4.49. The summed E-state index contributed by atoms with van der Waals surface area (Å²) in [7, 11) is 1.40. The number of aromatic amines is 1. The van der Waals surface area contributed by atoms with E-state index in [0.717, 1.165) is 12.0 Å². The highest BCUT2D eigenvalue weighted by molar-refractivity contribution is 5.69. The number of ether oxygens (including phenoxy) is 1. The van der Waals surface area contributed by atoms with Crippen molar-refractivity contribution in [2.24, 2.45) is 0 Å². The van der Waals surface area contributed by atoms with Gasteiger partial charge in [0.25, 0.3) is 0 Å². The van der Waals surface area contributed by atoms with E-state index < -0.39 is 0 Å². The molecule has 0 radical (unpaired) electrons. The molecule has 3 heteroatoms. The average molecular weight is 166 g/mol. The molecule has 0 bridgehead atoms. The molecule has 0 spiro atoms. The Hall–Kier alpha value is -1.38. The molecule has 12 heavy (non-hydrogen) atoms. The largest absolute Gasteiger partial charge is 0.469 e. The number of methoxy groups -OCH3 is 1. The monoisotopic (exact) mass is 166 g/mol. The number of rotatable bonds is 3. The molecule has 0 aliphatic rings. The third kappa shape index (κ3) is 2.70. The molecule has 1 aromatic heterocycles. The molecule has 0 aliphatic heterocycles. The molecule has 0 unspecified atom stereocenters. The molecule has 0 aromatic carbocycles. The fraction of sp³-hybridized carbons (Fsp3) is 0.333. The van der Waals surface area contributed by atoms with E-state index in [9.17, 15) is 4.79 Å².